The van der Waals surface area contributed by atoms with Crippen LogP contribution in [-0.4, -0.2) is 63.6 Å². The molecule has 0 bridgehead atoms. The molecule has 1 rings (SSSR count). The number of carbonyl (C=O) groups excluding carboxylic acids is 3. The van der Waals surface area contributed by atoms with Gasteiger partial charge >= 0.3 is 12.1 Å². The molecule has 5 atom stereocenters. The van der Waals surface area contributed by atoms with Gasteiger partial charge in [0.1, 0.15) is 17.3 Å². The summed E-state index contributed by atoms with van der Waals surface area (Å²) in [6.07, 6.45) is 1.31. The largest absolute Gasteiger partial charge is 0.519 e. The molecule has 0 aromatic heterocycles. The molecule has 0 unspecified atom stereocenters. The van der Waals surface area contributed by atoms with Crippen LogP contribution in [0.15, 0.2) is 12.2 Å². The number of nitrogens with zero attached hydrogens (tertiary/aromatic N) is 1. The first-order chi connectivity index (χ1) is 14.4. The molecule has 1 heterocycles. The Labute approximate surface area is 192 Å². The van der Waals surface area contributed by atoms with E-state index in [9.17, 15) is 19.5 Å². The molecule has 184 valence electrons. The van der Waals surface area contributed by atoms with Gasteiger partial charge in [-0.05, 0) is 54.4 Å². The van der Waals surface area contributed by atoms with Crippen LogP contribution in [0.3, 0.4) is 0 Å². The molecule has 0 radical (unpaired) electrons. The van der Waals surface area contributed by atoms with Crippen molar-refractivity contribution in [2.45, 2.75) is 105 Å². The number of carbonyl (C=O) groups is 3. The number of hydrogen-bond donors (Lipinski definition) is 2. The van der Waals surface area contributed by atoms with E-state index in [1.807, 2.05) is 19.1 Å². The third-order valence-electron chi connectivity index (χ3n) is 5.35. The van der Waals surface area contributed by atoms with Gasteiger partial charge in [0.2, 0.25) is 12.1 Å². The maximum atomic E-state index is 13.8. The minimum atomic E-state index is -1.10. The van der Waals surface area contributed by atoms with Gasteiger partial charge in [-0.3, -0.25) is 4.79 Å². The van der Waals surface area contributed by atoms with Crippen molar-refractivity contribution in [3.05, 3.63) is 12.2 Å². The maximum Gasteiger partial charge on any atom is 0.519 e. The second-order valence-corrected chi connectivity index (χ2v) is 11.0. The number of aliphatic hydroxyl groups is 1. The van der Waals surface area contributed by atoms with Crippen molar-refractivity contribution >= 4 is 18.0 Å². The highest BCUT2D eigenvalue weighted by Gasteiger charge is 2.64. The first kappa shape index (κ1) is 28.1. The lowest BCUT2D eigenvalue weighted by Crippen LogP contribution is -2.73. The van der Waals surface area contributed by atoms with Gasteiger partial charge in [-0.25, -0.2) is 4.79 Å². The zero-order valence-electron chi connectivity index (χ0n) is 21.4. The zero-order valence-corrected chi connectivity index (χ0v) is 21.4. The first-order valence-electron chi connectivity index (χ1n) is 11.4. The van der Waals surface area contributed by atoms with Crippen LogP contribution in [0.2, 0.25) is 0 Å². The van der Waals surface area contributed by atoms with Crippen LogP contribution >= 0.6 is 0 Å². The first-order valence-corrected chi connectivity index (χ1v) is 11.4. The Morgan fingerprint density at radius 2 is 1.59 bits per heavy atom. The Morgan fingerprint density at radius 3 is 2.00 bits per heavy atom. The van der Waals surface area contributed by atoms with Gasteiger partial charge in [-0.2, -0.15) is 9.28 Å². The molecule has 1 aliphatic rings. The van der Waals surface area contributed by atoms with Gasteiger partial charge < -0.3 is 19.9 Å². The van der Waals surface area contributed by atoms with E-state index in [1.54, 1.807) is 55.4 Å². The van der Waals surface area contributed by atoms with Crippen LogP contribution in [0.25, 0.3) is 0 Å². The van der Waals surface area contributed by atoms with Gasteiger partial charge in [-0.15, -0.1) is 0 Å². The normalized spacial score (nSPS) is 26.1. The number of ether oxygens (including phenoxy) is 2. The van der Waals surface area contributed by atoms with Crippen molar-refractivity contribution in [1.29, 1.82) is 0 Å². The Morgan fingerprint density at radius 1 is 1.06 bits per heavy atom. The van der Waals surface area contributed by atoms with Gasteiger partial charge in [0.05, 0.1) is 6.54 Å². The third-order valence-corrected chi connectivity index (χ3v) is 5.35. The number of nitrogens with one attached hydrogen (secondary N) is 1. The number of amides is 2. The van der Waals surface area contributed by atoms with E-state index in [2.05, 4.69) is 5.32 Å². The van der Waals surface area contributed by atoms with E-state index >= 15 is 0 Å². The second kappa shape index (κ2) is 10.3. The fraction of sp³-hybridized carbons (Fsp3) is 0.792. The zero-order chi connectivity index (χ0) is 25.1. The van der Waals surface area contributed by atoms with E-state index in [0.717, 1.165) is 0 Å². The lowest BCUT2D eigenvalue weighted by atomic mass is 10.0. The molecule has 0 aliphatic carbocycles. The highest BCUT2D eigenvalue weighted by atomic mass is 16.6. The predicted molar refractivity (Wildman–Crippen MR) is 122 cm³/mol. The topological polar surface area (TPSA) is 102 Å². The Bertz CT molecular complexity index is 719. The average Bonchev–Trinajstić information content (AvgIpc) is 2.96. The molecule has 0 aromatic rings. The molecular formula is C24H43N2O6+. The standard InChI is InChI=1S/C24H42N2O6/c1-11-12-17-13-18(21(29)31-23(5,6)7)26(14-17,22(30)32-24(8,9)10)20(25-16(4)27)19(28)15(2)3/h11-12,15,17-20,28H,13-14H2,1-10H3/p+1/b12-11-/t17-,18-,19-,20-,26+/m1/s1. The molecule has 0 aromatic carbocycles. The smallest absolute Gasteiger partial charge is 0.456 e. The Balaban J connectivity index is 3.77. The van der Waals surface area contributed by atoms with Gasteiger partial charge in [0.15, 0.2) is 6.04 Å². The molecule has 1 saturated heterocycles. The number of aliphatic hydroxyl groups excluding tert-OH is 1. The second-order valence-electron chi connectivity index (χ2n) is 11.0. The van der Waals surface area contributed by atoms with Gasteiger partial charge in [0, 0.05) is 19.3 Å². The number of esters is 1. The Kier molecular flexibility index (Phi) is 9.08. The summed E-state index contributed by atoms with van der Waals surface area (Å²) in [5, 5.41) is 13.9. The van der Waals surface area contributed by atoms with Crippen LogP contribution in [-0.2, 0) is 19.1 Å². The van der Waals surface area contributed by atoms with Crippen molar-refractivity contribution in [2.24, 2.45) is 11.8 Å². The third kappa shape index (κ3) is 7.04. The molecule has 8 heteroatoms. The summed E-state index contributed by atoms with van der Waals surface area (Å²) < 4.78 is 10.9. The monoisotopic (exact) mass is 455 g/mol. The number of quaternary nitrogens is 1. The number of allylic oxidation sites excluding steroid dienone is 1. The molecule has 0 saturated carbocycles. The summed E-state index contributed by atoms with van der Waals surface area (Å²) in [5.74, 6) is -1.39. The molecule has 1 fully saturated rings. The van der Waals surface area contributed by atoms with Crippen molar-refractivity contribution in [3.8, 4) is 0 Å². The molecule has 2 amide bonds. The highest BCUT2D eigenvalue weighted by molar-refractivity contribution is 5.79. The minimum Gasteiger partial charge on any atom is -0.456 e. The summed E-state index contributed by atoms with van der Waals surface area (Å²) in [6.45, 7) is 17.5. The molecule has 0 spiro atoms. The van der Waals surface area contributed by atoms with Crippen molar-refractivity contribution in [2.75, 3.05) is 6.54 Å². The molecule has 32 heavy (non-hydrogen) atoms. The van der Waals surface area contributed by atoms with Crippen LogP contribution in [0.5, 0.6) is 0 Å². The van der Waals surface area contributed by atoms with E-state index in [4.69, 9.17) is 9.47 Å². The fourth-order valence-electron chi connectivity index (χ4n) is 4.15. The van der Waals surface area contributed by atoms with Crippen LogP contribution in [0.4, 0.5) is 4.79 Å². The molecule has 1 aliphatic heterocycles. The lowest BCUT2D eigenvalue weighted by molar-refractivity contribution is -0.895. The quantitative estimate of drug-likeness (QED) is 0.361. The number of likely N-dealkylation sites (tertiary alicyclic amines) is 1. The number of rotatable bonds is 6. The summed E-state index contributed by atoms with van der Waals surface area (Å²) in [5.41, 5.74) is -1.59. The van der Waals surface area contributed by atoms with E-state index in [1.165, 1.54) is 6.92 Å². The van der Waals surface area contributed by atoms with Crippen molar-refractivity contribution < 1.29 is 33.4 Å². The molecule has 2 N–H and O–H groups in total. The Hall–Kier alpha value is -1.93. The van der Waals surface area contributed by atoms with Crippen molar-refractivity contribution in [3.63, 3.8) is 0 Å². The summed E-state index contributed by atoms with van der Waals surface area (Å²) in [6, 6.07) is -0.949. The summed E-state index contributed by atoms with van der Waals surface area (Å²) in [4.78, 5) is 39.4. The maximum absolute atomic E-state index is 13.8. The molecular weight excluding hydrogens is 412 g/mol. The molecule has 8 nitrogen and oxygen atoms in total. The average molecular weight is 456 g/mol. The number of hydrogen-bond acceptors (Lipinski definition) is 6. The summed E-state index contributed by atoms with van der Waals surface area (Å²) >= 11 is 0. The fourth-order valence-corrected chi connectivity index (χ4v) is 4.15. The van der Waals surface area contributed by atoms with Gasteiger partial charge in [-0.1, -0.05) is 26.0 Å². The van der Waals surface area contributed by atoms with E-state index < -0.39 is 52.0 Å². The van der Waals surface area contributed by atoms with Crippen LogP contribution < -0.4 is 5.32 Å². The van der Waals surface area contributed by atoms with E-state index in [0.29, 0.717) is 6.42 Å². The lowest BCUT2D eigenvalue weighted by Gasteiger charge is -2.44. The summed E-state index contributed by atoms with van der Waals surface area (Å²) in [7, 11) is 0. The minimum absolute atomic E-state index is 0.138. The van der Waals surface area contributed by atoms with E-state index in [-0.39, 0.29) is 18.4 Å². The van der Waals surface area contributed by atoms with Gasteiger partial charge in [0.25, 0.3) is 0 Å². The van der Waals surface area contributed by atoms with Crippen LogP contribution in [0.1, 0.15) is 75.7 Å². The predicted octanol–water partition coefficient (Wildman–Crippen LogP) is 3.52. The SMILES string of the molecule is C/C=C\[C@@H]1C[C@H](C(=O)OC(C)(C)C)[N@+](C(=O)OC(C)(C)C)([C@@H](NC(C)=O)[C@H](O)C(C)C)C1. The van der Waals surface area contributed by atoms with Crippen molar-refractivity contribution in [1.82, 2.24) is 5.32 Å². The van der Waals surface area contributed by atoms with Crippen LogP contribution in [0, 0.1) is 11.8 Å². The highest BCUT2D eigenvalue weighted by Crippen LogP contribution is 2.39.